The Labute approximate surface area is 261 Å². The smallest absolute Gasteiger partial charge is 0.135 e. The van der Waals surface area contributed by atoms with Gasteiger partial charge in [0.1, 0.15) is 11.5 Å². The molecule has 8 aromatic carbocycles. The Morgan fingerprint density at radius 2 is 0.930 bits per heavy atom. The normalized spacial score (nSPS) is 14.5. The van der Waals surface area contributed by atoms with Crippen LogP contribution in [-0.4, -0.2) is 0 Å². The predicted molar refractivity (Wildman–Crippen MR) is 181 cm³/mol. The number of benzene rings is 8. The quantitative estimate of drug-likeness (QED) is 0.197. The fraction of sp³-hybridized carbons (Fsp3) is 0. The van der Waals surface area contributed by atoms with Crippen molar-refractivity contribution in [2.75, 3.05) is 0 Å². The molecule has 1 aliphatic heterocycles. The number of hydrogen-bond acceptors (Lipinski definition) is 1. The monoisotopic (exact) mass is 554 g/mol. The highest BCUT2D eigenvalue weighted by Gasteiger charge is 2.24. The largest absolute Gasteiger partial charge is 0.456 e. The van der Waals surface area contributed by atoms with Gasteiger partial charge in [0.05, 0.1) is 11.0 Å². The first kappa shape index (κ1) is 17.3. The van der Waals surface area contributed by atoms with Crippen LogP contribution in [0, 0.1) is 0 Å². The summed E-state index contributed by atoms with van der Waals surface area (Å²) >= 11 is 0. The van der Waals surface area contributed by atoms with E-state index in [1.807, 2.05) is 109 Å². The molecule has 200 valence electrons. The van der Waals surface area contributed by atoms with E-state index in [1.54, 1.807) is 0 Å². The summed E-state index contributed by atoms with van der Waals surface area (Å²) in [5.41, 5.74) is 5.21. The lowest BCUT2D eigenvalue weighted by molar-refractivity contribution is 0.487. The first-order chi connectivity index (χ1) is 24.7. The van der Waals surface area contributed by atoms with E-state index in [0.717, 1.165) is 33.0 Å². The Balaban J connectivity index is 1.55. The van der Waals surface area contributed by atoms with Gasteiger partial charge >= 0.3 is 0 Å². The molecule has 1 aliphatic rings. The van der Waals surface area contributed by atoms with Crippen molar-refractivity contribution in [1.29, 1.82) is 0 Å². The molecule has 1 heteroatoms. The summed E-state index contributed by atoms with van der Waals surface area (Å²) in [5, 5.41) is 2.23. The molecular formula is C42H26O. The number of ether oxygens (including phenoxy) is 1. The van der Waals surface area contributed by atoms with E-state index in [9.17, 15) is 5.48 Å². The van der Waals surface area contributed by atoms with Gasteiger partial charge in [0.25, 0.3) is 0 Å². The van der Waals surface area contributed by atoms with Crippen LogP contribution in [0.25, 0.3) is 76.8 Å². The molecule has 0 spiro atoms. The third-order valence-corrected chi connectivity index (χ3v) is 8.33. The second-order valence-electron chi connectivity index (χ2n) is 10.6. The molecule has 1 nitrogen and oxygen atoms in total. The lowest BCUT2D eigenvalue weighted by Gasteiger charge is -2.24. The molecule has 0 unspecified atom stereocenters. The predicted octanol–water partition coefficient (Wildman–Crippen LogP) is 11.9. The van der Waals surface area contributed by atoms with Gasteiger partial charge in [0.15, 0.2) is 0 Å². The van der Waals surface area contributed by atoms with E-state index in [4.69, 9.17) is 10.2 Å². The van der Waals surface area contributed by atoms with Crippen molar-refractivity contribution >= 4 is 32.3 Å². The molecule has 0 N–H and O–H groups in total. The third-order valence-electron chi connectivity index (χ3n) is 8.33. The Kier molecular flexibility index (Phi) is 3.80. The number of fused-ring (bicyclic) bond motifs is 4. The summed E-state index contributed by atoms with van der Waals surface area (Å²) in [6.45, 7) is 0. The van der Waals surface area contributed by atoms with Crippen molar-refractivity contribution in [1.82, 2.24) is 0 Å². The van der Waals surface area contributed by atoms with E-state index >= 15 is 0 Å². The maximum absolute atomic E-state index is 9.42. The summed E-state index contributed by atoms with van der Waals surface area (Å²) < 4.78 is 79.3. The van der Waals surface area contributed by atoms with Crippen LogP contribution in [0.3, 0.4) is 0 Å². The minimum Gasteiger partial charge on any atom is -0.456 e. The minimum absolute atomic E-state index is 0.175. The zero-order valence-corrected chi connectivity index (χ0v) is 22.8. The maximum Gasteiger partial charge on any atom is 0.135 e. The van der Waals surface area contributed by atoms with Gasteiger partial charge in [-0.05, 0) is 84.1 Å². The minimum atomic E-state index is -0.434. The zero-order chi connectivity index (χ0) is 35.3. The Morgan fingerprint density at radius 3 is 1.63 bits per heavy atom. The van der Waals surface area contributed by atoms with E-state index in [-0.39, 0.29) is 45.7 Å². The van der Waals surface area contributed by atoms with Gasteiger partial charge in [0.2, 0.25) is 0 Å². The van der Waals surface area contributed by atoms with Gasteiger partial charge in [-0.25, -0.2) is 0 Å². The summed E-state index contributed by atoms with van der Waals surface area (Å²) in [7, 11) is 0. The molecule has 0 bridgehead atoms. The van der Waals surface area contributed by atoms with E-state index < -0.39 is 24.2 Å². The number of para-hydroxylation sites is 1. The van der Waals surface area contributed by atoms with Crippen molar-refractivity contribution in [2.24, 2.45) is 0 Å². The molecule has 0 amide bonds. The number of hydrogen-bond donors (Lipinski definition) is 0. The molecule has 0 aromatic heterocycles. The second kappa shape index (κ2) is 9.44. The van der Waals surface area contributed by atoms with Crippen molar-refractivity contribution in [2.45, 2.75) is 0 Å². The van der Waals surface area contributed by atoms with Gasteiger partial charge < -0.3 is 4.74 Å². The zero-order valence-electron chi connectivity index (χ0n) is 30.8. The van der Waals surface area contributed by atoms with Crippen LogP contribution in [0.1, 0.15) is 11.0 Å². The Bertz CT molecular complexity index is 2730. The van der Waals surface area contributed by atoms with Crippen LogP contribution in [0.5, 0.6) is 11.5 Å². The SMILES string of the molecule is [2H]c1c([2H])c([2H])c2c(-c3ccc4c5c(cccc35)-c3ccccc3O4)c3c([2H])c([2H])c([2H])c([2H])c3c(-c3ccccc3-c3ccccc3)c2c1[2H]. The second-order valence-corrected chi connectivity index (χ2v) is 10.6. The lowest BCUT2D eigenvalue weighted by Crippen LogP contribution is -1.98. The molecule has 0 fully saturated rings. The van der Waals surface area contributed by atoms with Crippen LogP contribution in [0.2, 0.25) is 0 Å². The molecule has 1 heterocycles. The molecule has 0 saturated carbocycles. The Hall–Kier alpha value is -5.66. The molecule has 0 atom stereocenters. The van der Waals surface area contributed by atoms with E-state index in [0.29, 0.717) is 33.8 Å². The standard InChI is InChI=1S/C42H26O/c1-2-13-27(14-3-1)28-15-4-5-17-30(28)40-32-18-6-8-20-34(32)41(35-21-9-7-19-33(35)40)37-25-26-39-42-31(22-12-23-36(37)42)29-16-10-11-24-38(29)43-39/h1-26H/i6D,7D,8D,9D,18D,19D,20D,21D. The van der Waals surface area contributed by atoms with Gasteiger partial charge in [0, 0.05) is 10.9 Å². The topological polar surface area (TPSA) is 9.23 Å². The maximum atomic E-state index is 9.42. The van der Waals surface area contributed by atoms with Crippen LogP contribution in [0.4, 0.5) is 0 Å². The molecular weight excluding hydrogens is 520 g/mol. The van der Waals surface area contributed by atoms with E-state index in [2.05, 4.69) is 0 Å². The third kappa shape index (κ3) is 3.58. The van der Waals surface area contributed by atoms with Crippen molar-refractivity contribution < 1.29 is 15.7 Å². The summed E-state index contributed by atoms with van der Waals surface area (Å²) in [5.74, 6) is 1.33. The molecule has 0 saturated heterocycles. The summed E-state index contributed by atoms with van der Waals surface area (Å²) in [6.07, 6.45) is 0. The highest BCUT2D eigenvalue weighted by Crippen LogP contribution is 2.51. The highest BCUT2D eigenvalue weighted by atomic mass is 16.5. The lowest BCUT2D eigenvalue weighted by atomic mass is 9.82. The van der Waals surface area contributed by atoms with Crippen LogP contribution >= 0.6 is 0 Å². The fourth-order valence-corrected chi connectivity index (χ4v) is 6.53. The Morgan fingerprint density at radius 1 is 0.372 bits per heavy atom. The first-order valence-corrected chi connectivity index (χ1v) is 14.1. The van der Waals surface area contributed by atoms with Crippen LogP contribution < -0.4 is 4.74 Å². The molecule has 43 heavy (non-hydrogen) atoms. The molecule has 8 aromatic rings. The summed E-state index contributed by atoms with van der Waals surface area (Å²) in [6, 6.07) is 31.4. The van der Waals surface area contributed by atoms with Crippen molar-refractivity contribution in [3.05, 3.63) is 158 Å². The fourth-order valence-electron chi connectivity index (χ4n) is 6.53. The molecule has 9 rings (SSSR count). The van der Waals surface area contributed by atoms with Crippen LogP contribution in [0.15, 0.2) is 158 Å². The average Bonchev–Trinajstić information content (AvgIpc) is 3.17. The average molecular weight is 555 g/mol. The van der Waals surface area contributed by atoms with E-state index in [1.165, 1.54) is 0 Å². The number of rotatable bonds is 3. The van der Waals surface area contributed by atoms with Crippen molar-refractivity contribution in [3.8, 4) is 56.0 Å². The molecule has 0 aliphatic carbocycles. The van der Waals surface area contributed by atoms with Crippen molar-refractivity contribution in [3.63, 3.8) is 0 Å². The van der Waals surface area contributed by atoms with Gasteiger partial charge in [-0.15, -0.1) is 0 Å². The van der Waals surface area contributed by atoms with Gasteiger partial charge in [-0.1, -0.05) is 139 Å². The van der Waals surface area contributed by atoms with Gasteiger partial charge in [-0.2, -0.15) is 0 Å². The molecule has 0 radical (unpaired) electrons. The van der Waals surface area contributed by atoms with Gasteiger partial charge in [-0.3, -0.25) is 0 Å². The summed E-state index contributed by atoms with van der Waals surface area (Å²) in [4.78, 5) is 0. The first-order valence-electron chi connectivity index (χ1n) is 18.1. The highest BCUT2D eigenvalue weighted by molar-refractivity contribution is 6.25. The van der Waals surface area contributed by atoms with Crippen LogP contribution in [-0.2, 0) is 0 Å².